The van der Waals surface area contributed by atoms with Gasteiger partial charge >= 0.3 is 0 Å². The maximum atomic E-state index is 11.0. The molecule has 2 aromatic rings. The van der Waals surface area contributed by atoms with E-state index >= 15 is 0 Å². The number of hydrogen-bond donors (Lipinski definition) is 1. The monoisotopic (exact) mass is 240 g/mol. The van der Waals surface area contributed by atoms with Crippen LogP contribution in [0.5, 0.6) is 0 Å². The summed E-state index contributed by atoms with van der Waals surface area (Å²) >= 11 is 0. The molecule has 2 heteroatoms. The molecule has 0 fully saturated rings. The summed E-state index contributed by atoms with van der Waals surface area (Å²) in [6.07, 6.45) is 1.81. The molecule has 0 bridgehead atoms. The lowest BCUT2D eigenvalue weighted by molar-refractivity contribution is 0.570. The Balaban J connectivity index is 2.50. The first-order valence-corrected chi connectivity index (χ1v) is 7.87. The van der Waals surface area contributed by atoms with Gasteiger partial charge in [0.25, 0.3) is 8.32 Å². The third-order valence-electron chi connectivity index (χ3n) is 2.94. The first kappa shape index (κ1) is 11.8. The Hall–Kier alpha value is -1.64. The minimum absolute atomic E-state index is 0.640. The van der Waals surface area contributed by atoms with Crippen LogP contribution >= 0.6 is 0 Å². The van der Waals surface area contributed by atoms with E-state index in [0.29, 0.717) is 6.04 Å². The van der Waals surface area contributed by atoms with Gasteiger partial charge < -0.3 is 4.80 Å². The van der Waals surface area contributed by atoms with E-state index in [9.17, 15) is 4.80 Å². The highest BCUT2D eigenvalue weighted by molar-refractivity contribution is 6.96. The topological polar surface area (TPSA) is 20.2 Å². The lowest BCUT2D eigenvalue weighted by Crippen LogP contribution is -2.58. The third kappa shape index (κ3) is 2.38. The molecule has 0 aliphatic rings. The predicted octanol–water partition coefficient (Wildman–Crippen LogP) is 1.92. The van der Waals surface area contributed by atoms with Gasteiger partial charge in [-0.3, -0.25) is 0 Å². The Morgan fingerprint density at radius 3 is 1.65 bits per heavy atom. The Morgan fingerprint density at radius 2 is 1.29 bits per heavy atom. The van der Waals surface area contributed by atoms with Gasteiger partial charge in [-0.25, -0.2) is 0 Å². The van der Waals surface area contributed by atoms with E-state index in [1.807, 2.05) is 66.7 Å². The van der Waals surface area contributed by atoms with E-state index in [-0.39, 0.29) is 0 Å². The predicted molar refractivity (Wildman–Crippen MR) is 75.1 cm³/mol. The van der Waals surface area contributed by atoms with Crippen LogP contribution in [0.2, 0.25) is 6.04 Å². The molecule has 2 rings (SSSR count). The SMILES string of the molecule is C=CC[Si](O)(c1ccccc1)c1ccccc1. The summed E-state index contributed by atoms with van der Waals surface area (Å²) in [5.41, 5.74) is 0. The largest absolute Gasteiger partial charge is 0.424 e. The molecule has 0 aliphatic carbocycles. The Morgan fingerprint density at radius 1 is 0.882 bits per heavy atom. The molecule has 17 heavy (non-hydrogen) atoms. The summed E-state index contributed by atoms with van der Waals surface area (Å²) in [6.45, 7) is 3.77. The zero-order valence-corrected chi connectivity index (χ0v) is 10.7. The van der Waals surface area contributed by atoms with E-state index < -0.39 is 8.32 Å². The van der Waals surface area contributed by atoms with Gasteiger partial charge in [0.1, 0.15) is 0 Å². The third-order valence-corrected chi connectivity index (χ3v) is 6.40. The van der Waals surface area contributed by atoms with Gasteiger partial charge in [-0.15, -0.1) is 6.58 Å². The van der Waals surface area contributed by atoms with Gasteiger partial charge in [-0.05, 0) is 16.4 Å². The fourth-order valence-corrected chi connectivity index (χ4v) is 4.75. The summed E-state index contributed by atoms with van der Waals surface area (Å²) in [5.74, 6) is 0. The molecule has 0 heterocycles. The minimum Gasteiger partial charge on any atom is -0.424 e. The highest BCUT2D eigenvalue weighted by Crippen LogP contribution is 2.08. The lowest BCUT2D eigenvalue weighted by Gasteiger charge is -2.24. The molecule has 0 saturated heterocycles. The lowest BCUT2D eigenvalue weighted by atomic mass is 10.4. The van der Waals surface area contributed by atoms with Crippen LogP contribution < -0.4 is 10.4 Å². The quantitative estimate of drug-likeness (QED) is 0.639. The van der Waals surface area contributed by atoms with Crippen molar-refractivity contribution in [3.8, 4) is 0 Å². The normalized spacial score (nSPS) is 11.1. The molecule has 1 N–H and O–H groups in total. The summed E-state index contributed by atoms with van der Waals surface area (Å²) < 4.78 is 0. The number of rotatable bonds is 4. The van der Waals surface area contributed by atoms with Crippen molar-refractivity contribution in [3.05, 3.63) is 73.3 Å². The van der Waals surface area contributed by atoms with Crippen molar-refractivity contribution >= 4 is 18.7 Å². The summed E-state index contributed by atoms with van der Waals surface area (Å²) in [6, 6.07) is 20.5. The zero-order chi connectivity index (χ0) is 12.1. The van der Waals surface area contributed by atoms with Crippen molar-refractivity contribution in [2.24, 2.45) is 0 Å². The molecular weight excluding hydrogens is 224 g/mol. The van der Waals surface area contributed by atoms with Crippen LogP contribution in [0.3, 0.4) is 0 Å². The standard InChI is InChI=1S/C15H16OSi/c1-2-13-17(16,14-9-5-3-6-10-14)15-11-7-4-8-12-15/h2-12,16H,1,13H2. The molecule has 0 saturated carbocycles. The van der Waals surface area contributed by atoms with Crippen molar-refractivity contribution in [2.45, 2.75) is 6.04 Å². The zero-order valence-electron chi connectivity index (χ0n) is 9.71. The second kappa shape index (κ2) is 5.12. The van der Waals surface area contributed by atoms with Gasteiger partial charge in [0.05, 0.1) is 0 Å². The van der Waals surface area contributed by atoms with Crippen LogP contribution in [-0.4, -0.2) is 13.1 Å². The minimum atomic E-state index is -2.62. The Bertz CT molecular complexity index is 439. The number of hydrogen-bond acceptors (Lipinski definition) is 1. The number of allylic oxidation sites excluding steroid dienone is 1. The van der Waals surface area contributed by atoms with Crippen LogP contribution in [0.15, 0.2) is 73.3 Å². The van der Waals surface area contributed by atoms with Crippen LogP contribution in [0.1, 0.15) is 0 Å². The first-order chi connectivity index (χ1) is 8.27. The second-order valence-electron chi connectivity index (χ2n) is 4.09. The van der Waals surface area contributed by atoms with Gasteiger partial charge in [0, 0.05) is 0 Å². The van der Waals surface area contributed by atoms with Gasteiger partial charge in [-0.1, -0.05) is 66.7 Å². The average molecular weight is 240 g/mol. The smallest absolute Gasteiger partial charge is 0.256 e. The molecule has 86 valence electrons. The van der Waals surface area contributed by atoms with Crippen LogP contribution in [0, 0.1) is 0 Å². The molecule has 2 aromatic carbocycles. The molecule has 1 nitrogen and oxygen atoms in total. The maximum absolute atomic E-state index is 11.0. The highest BCUT2D eigenvalue weighted by atomic mass is 28.4. The summed E-state index contributed by atoms with van der Waals surface area (Å²) in [4.78, 5) is 11.0. The van der Waals surface area contributed by atoms with E-state index in [4.69, 9.17) is 0 Å². The van der Waals surface area contributed by atoms with Gasteiger partial charge in [0.2, 0.25) is 0 Å². The molecule has 0 atom stereocenters. The van der Waals surface area contributed by atoms with Gasteiger partial charge in [0.15, 0.2) is 0 Å². The summed E-state index contributed by atoms with van der Waals surface area (Å²) in [7, 11) is -2.62. The van der Waals surface area contributed by atoms with Crippen LogP contribution in [-0.2, 0) is 0 Å². The van der Waals surface area contributed by atoms with Crippen molar-refractivity contribution in [1.82, 2.24) is 0 Å². The fraction of sp³-hybridized carbons (Fsp3) is 0.0667. The molecular formula is C15H16OSi. The molecule has 0 aromatic heterocycles. The molecule has 0 aliphatic heterocycles. The molecule has 0 radical (unpaired) electrons. The van der Waals surface area contributed by atoms with Crippen LogP contribution in [0.4, 0.5) is 0 Å². The maximum Gasteiger partial charge on any atom is 0.256 e. The Kier molecular flexibility index (Phi) is 3.57. The average Bonchev–Trinajstić information content (AvgIpc) is 2.41. The second-order valence-corrected chi connectivity index (χ2v) is 7.37. The first-order valence-electron chi connectivity index (χ1n) is 5.72. The van der Waals surface area contributed by atoms with E-state index in [0.717, 1.165) is 10.4 Å². The van der Waals surface area contributed by atoms with Crippen molar-refractivity contribution in [3.63, 3.8) is 0 Å². The Labute approximate surface area is 103 Å². The van der Waals surface area contributed by atoms with E-state index in [1.54, 1.807) is 0 Å². The fourth-order valence-electron chi connectivity index (χ4n) is 2.04. The molecule has 0 amide bonds. The van der Waals surface area contributed by atoms with Crippen LogP contribution in [0.25, 0.3) is 0 Å². The van der Waals surface area contributed by atoms with Crippen molar-refractivity contribution in [1.29, 1.82) is 0 Å². The molecule has 0 spiro atoms. The highest BCUT2D eigenvalue weighted by Gasteiger charge is 2.33. The van der Waals surface area contributed by atoms with Crippen molar-refractivity contribution in [2.75, 3.05) is 0 Å². The molecule has 0 unspecified atom stereocenters. The van der Waals surface area contributed by atoms with E-state index in [2.05, 4.69) is 6.58 Å². The van der Waals surface area contributed by atoms with Crippen molar-refractivity contribution < 1.29 is 4.80 Å². The summed E-state index contributed by atoms with van der Waals surface area (Å²) in [5, 5.41) is 2.07. The van der Waals surface area contributed by atoms with Gasteiger partial charge in [-0.2, -0.15) is 0 Å². The number of benzene rings is 2. The van der Waals surface area contributed by atoms with E-state index in [1.165, 1.54) is 0 Å².